The van der Waals surface area contributed by atoms with Crippen molar-refractivity contribution in [1.82, 2.24) is 0 Å². The van der Waals surface area contributed by atoms with Crippen LogP contribution >= 0.6 is 0 Å². The third kappa shape index (κ3) is 2.02. The Balaban J connectivity index is 1.62. The number of aliphatic hydroxyl groups excluding tert-OH is 1. The van der Waals surface area contributed by atoms with Crippen LogP contribution < -0.4 is 0 Å². The highest BCUT2D eigenvalue weighted by Gasteiger charge is 2.43. The highest BCUT2D eigenvalue weighted by atomic mass is 16.3. The van der Waals surface area contributed by atoms with E-state index in [1.807, 2.05) is 84.9 Å². The van der Waals surface area contributed by atoms with Gasteiger partial charge in [0.05, 0.1) is 5.57 Å². The Bertz CT molecular complexity index is 1120. The largest absolute Gasteiger partial charge is 0.510 e. The third-order valence-corrected chi connectivity index (χ3v) is 5.24. The van der Waals surface area contributed by atoms with Gasteiger partial charge in [0.25, 0.3) is 0 Å². The van der Waals surface area contributed by atoms with Crippen LogP contribution in [0, 0.1) is 0 Å². The van der Waals surface area contributed by atoms with E-state index < -0.39 is 5.92 Å². The van der Waals surface area contributed by atoms with Gasteiger partial charge in [0.2, 0.25) is 0 Å². The van der Waals surface area contributed by atoms with Gasteiger partial charge < -0.3 is 5.11 Å². The molecule has 0 saturated heterocycles. The molecule has 0 heterocycles. The van der Waals surface area contributed by atoms with Crippen molar-refractivity contribution in [2.75, 3.05) is 0 Å². The monoisotopic (exact) mass is 336 g/mol. The molecular formula is C24H16O2. The molecule has 0 spiro atoms. The molecule has 0 saturated carbocycles. The lowest BCUT2D eigenvalue weighted by atomic mass is 9.74. The second-order valence-corrected chi connectivity index (χ2v) is 6.65. The second-order valence-electron chi connectivity index (χ2n) is 6.65. The number of carbonyl (C=O) groups excluding carboxylic acids is 1. The molecule has 2 heteroatoms. The first-order valence-electron chi connectivity index (χ1n) is 8.69. The maximum atomic E-state index is 13.0. The molecule has 0 radical (unpaired) electrons. The Morgan fingerprint density at radius 1 is 0.615 bits per heavy atom. The SMILES string of the molecule is O=C1C(c2ccc3cccccc2-3)=C(O)C1c1ccc2cccccc1-2. The first-order valence-corrected chi connectivity index (χ1v) is 8.69. The van der Waals surface area contributed by atoms with Crippen LogP contribution in [0.15, 0.2) is 90.7 Å². The molecule has 2 nitrogen and oxygen atoms in total. The fourth-order valence-corrected chi connectivity index (χ4v) is 3.94. The normalized spacial score (nSPS) is 16.9. The van der Waals surface area contributed by atoms with E-state index in [4.69, 9.17) is 0 Å². The lowest BCUT2D eigenvalue weighted by Crippen LogP contribution is -2.28. The minimum atomic E-state index is -0.563. The maximum absolute atomic E-state index is 13.0. The smallest absolute Gasteiger partial charge is 0.181 e. The summed E-state index contributed by atoms with van der Waals surface area (Å²) < 4.78 is 0. The van der Waals surface area contributed by atoms with Crippen LogP contribution in [0.5, 0.6) is 0 Å². The van der Waals surface area contributed by atoms with Gasteiger partial charge >= 0.3 is 0 Å². The molecule has 0 aromatic rings. The lowest BCUT2D eigenvalue weighted by molar-refractivity contribution is -0.116. The number of Topliss-reactive ketones (excluding diaryl/α,β-unsaturated/α-hetero) is 1. The summed E-state index contributed by atoms with van der Waals surface area (Å²) in [6.45, 7) is 0. The van der Waals surface area contributed by atoms with Crippen LogP contribution in [-0.2, 0) is 4.79 Å². The average molecular weight is 336 g/mol. The van der Waals surface area contributed by atoms with Gasteiger partial charge in [-0.05, 0) is 33.4 Å². The standard InChI is InChI=1S/C24H16O2/c25-23-21(19-13-11-15-7-3-1-5-9-17(15)19)24(26)22(23)20-14-12-16-8-4-2-6-10-18(16)20/h1-14,21,25H. The van der Waals surface area contributed by atoms with Crippen molar-refractivity contribution in [3.8, 4) is 22.3 Å². The number of carbonyl (C=O) groups is 1. The van der Waals surface area contributed by atoms with Crippen LogP contribution in [0.1, 0.15) is 17.0 Å². The van der Waals surface area contributed by atoms with Gasteiger partial charge in [0.1, 0.15) is 11.7 Å². The molecule has 0 bridgehead atoms. The van der Waals surface area contributed by atoms with E-state index in [1.54, 1.807) is 0 Å². The van der Waals surface area contributed by atoms with Crippen molar-refractivity contribution >= 4 is 11.4 Å². The topological polar surface area (TPSA) is 37.3 Å². The molecule has 0 aliphatic heterocycles. The number of aliphatic hydroxyl groups is 1. The molecule has 5 aliphatic carbocycles. The van der Waals surface area contributed by atoms with Crippen LogP contribution in [0.3, 0.4) is 0 Å². The first-order chi connectivity index (χ1) is 12.8. The van der Waals surface area contributed by atoms with E-state index in [2.05, 4.69) is 0 Å². The van der Waals surface area contributed by atoms with Gasteiger partial charge in [-0.25, -0.2) is 0 Å². The van der Waals surface area contributed by atoms with Crippen LogP contribution in [0.25, 0.3) is 27.8 Å². The summed E-state index contributed by atoms with van der Waals surface area (Å²) in [5, 5.41) is 10.8. The number of ketones is 1. The third-order valence-electron chi connectivity index (χ3n) is 5.24. The minimum Gasteiger partial charge on any atom is -0.510 e. The zero-order valence-corrected chi connectivity index (χ0v) is 14.0. The van der Waals surface area contributed by atoms with Crippen LogP contribution in [0.2, 0.25) is 0 Å². The zero-order chi connectivity index (χ0) is 17.7. The Labute approximate surface area is 151 Å². The Morgan fingerprint density at radius 3 is 1.96 bits per heavy atom. The van der Waals surface area contributed by atoms with Crippen molar-refractivity contribution in [3.05, 3.63) is 102 Å². The summed E-state index contributed by atoms with van der Waals surface area (Å²) in [4.78, 5) is 13.0. The summed E-state index contributed by atoms with van der Waals surface area (Å²) in [6, 6.07) is 27.7. The first kappa shape index (κ1) is 14.9. The number of fused-ring (bicyclic) bond motifs is 2. The number of hydrogen-bond donors (Lipinski definition) is 1. The van der Waals surface area contributed by atoms with E-state index in [9.17, 15) is 9.90 Å². The average Bonchev–Trinajstić information content (AvgIpc) is 3.01. The molecule has 124 valence electrons. The van der Waals surface area contributed by atoms with Gasteiger partial charge in [-0.1, -0.05) is 84.9 Å². The van der Waals surface area contributed by atoms with Crippen LogP contribution in [0.4, 0.5) is 0 Å². The van der Waals surface area contributed by atoms with Gasteiger partial charge in [0, 0.05) is 0 Å². The predicted molar refractivity (Wildman–Crippen MR) is 103 cm³/mol. The minimum absolute atomic E-state index is 0.0134. The molecule has 1 unspecified atom stereocenters. The molecule has 26 heavy (non-hydrogen) atoms. The van der Waals surface area contributed by atoms with Gasteiger partial charge in [-0.3, -0.25) is 4.79 Å². The van der Waals surface area contributed by atoms with Crippen molar-refractivity contribution < 1.29 is 9.90 Å². The molecule has 0 fully saturated rings. The summed E-state index contributed by atoms with van der Waals surface area (Å²) >= 11 is 0. The lowest BCUT2D eigenvalue weighted by Gasteiger charge is -2.28. The number of hydrogen-bond acceptors (Lipinski definition) is 2. The Morgan fingerprint density at radius 2 is 1.23 bits per heavy atom. The fraction of sp³-hybridized carbons (Fsp3) is 0.0417. The summed E-state index contributed by atoms with van der Waals surface area (Å²) in [6.07, 6.45) is 0. The molecule has 1 atom stereocenters. The molecule has 5 aliphatic rings. The van der Waals surface area contributed by atoms with Crippen molar-refractivity contribution in [3.63, 3.8) is 0 Å². The van der Waals surface area contributed by atoms with Gasteiger partial charge in [-0.2, -0.15) is 0 Å². The number of allylic oxidation sites excluding steroid dienone is 2. The Kier molecular flexibility index (Phi) is 3.19. The predicted octanol–water partition coefficient (Wildman–Crippen LogP) is 5.53. The fourth-order valence-electron chi connectivity index (χ4n) is 3.94. The highest BCUT2D eigenvalue weighted by Crippen LogP contribution is 2.48. The van der Waals surface area contributed by atoms with E-state index in [1.165, 1.54) is 0 Å². The van der Waals surface area contributed by atoms with E-state index in [0.29, 0.717) is 5.57 Å². The molecule has 1 N–H and O–H groups in total. The van der Waals surface area contributed by atoms with Gasteiger partial charge in [0.15, 0.2) is 5.78 Å². The molecule has 0 amide bonds. The zero-order valence-electron chi connectivity index (χ0n) is 14.0. The summed E-state index contributed by atoms with van der Waals surface area (Å²) in [5.41, 5.74) is 6.28. The Hall–Kier alpha value is -3.39. The van der Waals surface area contributed by atoms with Crippen LogP contribution in [-0.4, -0.2) is 10.9 Å². The summed E-state index contributed by atoms with van der Waals surface area (Å²) in [5.74, 6) is -0.402. The van der Waals surface area contributed by atoms with Crippen molar-refractivity contribution in [2.24, 2.45) is 0 Å². The molecule has 0 aromatic heterocycles. The maximum Gasteiger partial charge on any atom is 0.181 e. The molecule has 5 rings (SSSR count). The van der Waals surface area contributed by atoms with E-state index in [0.717, 1.165) is 33.4 Å². The van der Waals surface area contributed by atoms with E-state index >= 15 is 0 Å². The summed E-state index contributed by atoms with van der Waals surface area (Å²) in [7, 11) is 0. The van der Waals surface area contributed by atoms with E-state index in [-0.39, 0.29) is 11.5 Å². The van der Waals surface area contributed by atoms with Crippen molar-refractivity contribution in [2.45, 2.75) is 5.92 Å². The number of rotatable bonds is 2. The van der Waals surface area contributed by atoms with Gasteiger partial charge in [-0.15, -0.1) is 0 Å². The van der Waals surface area contributed by atoms with Crippen molar-refractivity contribution in [1.29, 1.82) is 0 Å². The quantitative estimate of drug-likeness (QED) is 0.522. The molecule has 0 aromatic carbocycles. The highest BCUT2D eigenvalue weighted by molar-refractivity contribution is 6.33. The second kappa shape index (κ2) is 5.57. The molecular weight excluding hydrogens is 320 g/mol.